The maximum Gasteiger partial charge on any atom is 0.329 e. The number of nitrogens with zero attached hydrogens (tertiary/aromatic N) is 3. The van der Waals surface area contributed by atoms with Gasteiger partial charge in [-0.15, -0.1) is 0 Å². The Morgan fingerprint density at radius 3 is 2.44 bits per heavy atom. The Morgan fingerprint density at radius 2 is 1.83 bits per heavy atom. The van der Waals surface area contributed by atoms with Crippen molar-refractivity contribution in [1.29, 1.82) is 0 Å². The highest BCUT2D eigenvalue weighted by Crippen LogP contribution is 2.13. The quantitative estimate of drug-likeness (QED) is 0.799. The molecule has 0 atom stereocenters. The van der Waals surface area contributed by atoms with E-state index >= 15 is 0 Å². The minimum Gasteiger partial charge on any atom is -0.313 e. The molecule has 0 bridgehead atoms. The van der Waals surface area contributed by atoms with E-state index in [1.807, 2.05) is 18.2 Å². The molecule has 1 aromatic carbocycles. The van der Waals surface area contributed by atoms with E-state index in [0.717, 1.165) is 0 Å². The summed E-state index contributed by atoms with van der Waals surface area (Å²) in [5.74, 6) is 0.247. The van der Waals surface area contributed by atoms with E-state index in [1.54, 1.807) is 30.6 Å². The van der Waals surface area contributed by atoms with Gasteiger partial charge in [0.1, 0.15) is 0 Å². The first-order valence-electron chi connectivity index (χ1n) is 5.42. The lowest BCUT2D eigenvalue weighted by Crippen LogP contribution is -2.39. The third-order valence-corrected chi connectivity index (χ3v) is 2.28. The van der Waals surface area contributed by atoms with E-state index in [4.69, 9.17) is 5.73 Å². The van der Waals surface area contributed by atoms with Crippen LogP contribution in [0, 0.1) is 0 Å². The molecular weight excluding hydrogens is 230 g/mol. The highest BCUT2D eigenvalue weighted by atomic mass is 16.2. The predicted octanol–water partition coefficient (Wildman–Crippen LogP) is 1.43. The van der Waals surface area contributed by atoms with Gasteiger partial charge in [-0.3, -0.25) is 10.2 Å². The van der Waals surface area contributed by atoms with Crippen molar-refractivity contribution in [3.8, 4) is 0 Å². The minimum atomic E-state index is -0.366. The van der Waals surface area contributed by atoms with Crippen LogP contribution in [0.4, 0.5) is 16.4 Å². The molecule has 18 heavy (non-hydrogen) atoms. The van der Waals surface area contributed by atoms with Gasteiger partial charge < -0.3 is 5.73 Å². The first-order valence-corrected chi connectivity index (χ1v) is 5.42. The Labute approximate surface area is 104 Å². The van der Waals surface area contributed by atoms with E-state index < -0.39 is 0 Å². The molecule has 0 aliphatic rings. The van der Waals surface area contributed by atoms with Crippen LogP contribution in [0.3, 0.4) is 0 Å². The molecule has 0 saturated carbocycles. The van der Waals surface area contributed by atoms with Crippen LogP contribution in [0.15, 0.2) is 48.8 Å². The maximum atomic E-state index is 12.0. The number of rotatable bonds is 3. The van der Waals surface area contributed by atoms with E-state index in [1.165, 1.54) is 4.90 Å². The topological polar surface area (TPSA) is 84.1 Å². The van der Waals surface area contributed by atoms with E-state index in [0.29, 0.717) is 5.69 Å². The van der Waals surface area contributed by atoms with Crippen LogP contribution in [0.1, 0.15) is 0 Å². The smallest absolute Gasteiger partial charge is 0.313 e. The normalized spacial score (nSPS) is 9.83. The van der Waals surface area contributed by atoms with Crippen LogP contribution in [-0.2, 0) is 0 Å². The molecule has 2 rings (SSSR count). The zero-order chi connectivity index (χ0) is 12.8. The van der Waals surface area contributed by atoms with Crippen molar-refractivity contribution >= 4 is 17.7 Å². The number of hydrogen-bond donors (Lipinski definition) is 2. The number of urea groups is 1. The third kappa shape index (κ3) is 2.80. The molecule has 0 unspecified atom stereocenters. The fourth-order valence-corrected chi connectivity index (χ4v) is 1.44. The van der Waals surface area contributed by atoms with Gasteiger partial charge >= 0.3 is 6.03 Å². The second kappa shape index (κ2) is 5.74. The number of hydrogen-bond acceptors (Lipinski definition) is 4. The maximum absolute atomic E-state index is 12.0. The minimum absolute atomic E-state index is 0.0721. The zero-order valence-corrected chi connectivity index (χ0v) is 9.65. The number of nitrogens with two attached hydrogens (primary N) is 1. The van der Waals surface area contributed by atoms with Crippen molar-refractivity contribution in [2.24, 2.45) is 5.73 Å². The molecule has 0 spiro atoms. The lowest BCUT2D eigenvalue weighted by Gasteiger charge is -2.20. The Bertz CT molecular complexity index is 502. The second-order valence-electron chi connectivity index (χ2n) is 3.45. The molecule has 2 amide bonds. The molecule has 0 aliphatic heterocycles. The summed E-state index contributed by atoms with van der Waals surface area (Å²) in [4.78, 5) is 21.2. The summed E-state index contributed by atoms with van der Waals surface area (Å²) in [5, 5.41) is 2.58. The van der Waals surface area contributed by atoms with Gasteiger partial charge in [0, 0.05) is 18.1 Å². The van der Waals surface area contributed by atoms with Crippen LogP contribution >= 0.6 is 0 Å². The number of anilines is 2. The number of benzene rings is 1. The first-order chi connectivity index (χ1) is 8.81. The van der Waals surface area contributed by atoms with Gasteiger partial charge in [0.25, 0.3) is 0 Å². The van der Waals surface area contributed by atoms with Crippen molar-refractivity contribution < 1.29 is 4.79 Å². The summed E-state index contributed by atoms with van der Waals surface area (Å²) < 4.78 is 0. The molecule has 1 aromatic heterocycles. The number of nitrogens with one attached hydrogen (secondary N) is 1. The van der Waals surface area contributed by atoms with Crippen LogP contribution in [0.5, 0.6) is 0 Å². The molecule has 0 aliphatic carbocycles. The van der Waals surface area contributed by atoms with Crippen molar-refractivity contribution in [3.63, 3.8) is 0 Å². The molecule has 6 heteroatoms. The van der Waals surface area contributed by atoms with E-state index in [-0.39, 0.29) is 18.6 Å². The van der Waals surface area contributed by atoms with Crippen LogP contribution in [-0.4, -0.2) is 22.7 Å². The van der Waals surface area contributed by atoms with E-state index in [9.17, 15) is 4.79 Å². The summed E-state index contributed by atoms with van der Waals surface area (Å²) in [6.07, 6.45) is 3.11. The molecule has 3 N–H and O–H groups in total. The van der Waals surface area contributed by atoms with Crippen molar-refractivity contribution in [3.05, 3.63) is 48.8 Å². The summed E-state index contributed by atoms with van der Waals surface area (Å²) in [6.45, 7) is 0.0721. The monoisotopic (exact) mass is 243 g/mol. The van der Waals surface area contributed by atoms with Crippen LogP contribution < -0.4 is 16.0 Å². The van der Waals surface area contributed by atoms with Crippen molar-refractivity contribution in [2.45, 2.75) is 0 Å². The number of carbonyl (C=O) groups excluding carboxylic acids is 1. The molecular formula is C12H13N5O. The standard InChI is InChI=1S/C12H13N5O/c13-9-17(10-5-2-1-3-6-10)12(18)16-11-14-7-4-8-15-11/h1-8H,9,13H2,(H,14,15,16,18). The summed E-state index contributed by atoms with van der Waals surface area (Å²) in [5.41, 5.74) is 6.30. The molecule has 0 saturated heterocycles. The SMILES string of the molecule is NCN(C(=O)Nc1ncccn1)c1ccccc1. The van der Waals surface area contributed by atoms with Gasteiger partial charge in [-0.1, -0.05) is 18.2 Å². The van der Waals surface area contributed by atoms with Gasteiger partial charge in [-0.2, -0.15) is 0 Å². The lowest BCUT2D eigenvalue weighted by atomic mass is 10.3. The fraction of sp³-hybridized carbons (Fsp3) is 0.0833. The summed E-state index contributed by atoms with van der Waals surface area (Å²) in [7, 11) is 0. The predicted molar refractivity (Wildman–Crippen MR) is 69.0 cm³/mol. The van der Waals surface area contributed by atoms with Gasteiger partial charge in [0.2, 0.25) is 5.95 Å². The lowest BCUT2D eigenvalue weighted by molar-refractivity contribution is 0.257. The van der Waals surface area contributed by atoms with Gasteiger partial charge in [0.05, 0.1) is 6.67 Å². The van der Waals surface area contributed by atoms with Crippen molar-refractivity contribution in [1.82, 2.24) is 9.97 Å². The third-order valence-electron chi connectivity index (χ3n) is 2.28. The molecule has 0 radical (unpaired) electrons. The van der Waals surface area contributed by atoms with Gasteiger partial charge in [-0.25, -0.2) is 14.8 Å². The van der Waals surface area contributed by atoms with Crippen LogP contribution in [0.2, 0.25) is 0 Å². The van der Waals surface area contributed by atoms with Crippen molar-refractivity contribution in [2.75, 3.05) is 16.9 Å². The highest BCUT2D eigenvalue weighted by Gasteiger charge is 2.14. The van der Waals surface area contributed by atoms with Gasteiger partial charge in [-0.05, 0) is 18.2 Å². The molecule has 6 nitrogen and oxygen atoms in total. The first kappa shape index (κ1) is 12.0. The summed E-state index contributed by atoms with van der Waals surface area (Å²) in [6, 6.07) is 10.5. The molecule has 92 valence electrons. The molecule has 2 aromatic rings. The fourth-order valence-electron chi connectivity index (χ4n) is 1.44. The van der Waals surface area contributed by atoms with Crippen LogP contribution in [0.25, 0.3) is 0 Å². The number of carbonyl (C=O) groups is 1. The summed E-state index contributed by atoms with van der Waals surface area (Å²) >= 11 is 0. The number of amides is 2. The second-order valence-corrected chi connectivity index (χ2v) is 3.45. The Hall–Kier alpha value is -2.47. The Kier molecular flexibility index (Phi) is 3.83. The molecule has 0 fully saturated rings. The number of aromatic nitrogens is 2. The average Bonchev–Trinajstić information content (AvgIpc) is 2.42. The Morgan fingerprint density at radius 1 is 1.17 bits per heavy atom. The van der Waals surface area contributed by atoms with Gasteiger partial charge in [0.15, 0.2) is 0 Å². The largest absolute Gasteiger partial charge is 0.329 e. The van der Waals surface area contributed by atoms with E-state index in [2.05, 4.69) is 15.3 Å². The Balaban J connectivity index is 2.12. The zero-order valence-electron chi connectivity index (χ0n) is 9.65. The highest BCUT2D eigenvalue weighted by molar-refractivity contribution is 6.00. The average molecular weight is 243 g/mol. The number of para-hydroxylation sites is 1. The molecule has 1 heterocycles.